The van der Waals surface area contributed by atoms with Gasteiger partial charge in [-0.1, -0.05) is 344 Å². The molecule has 2 heterocycles. The third-order valence-electron chi connectivity index (χ3n) is 19.2. The van der Waals surface area contributed by atoms with Crippen LogP contribution in [0.5, 0.6) is 0 Å². The summed E-state index contributed by atoms with van der Waals surface area (Å²) in [6.07, 6.45) is 69.8. The Bertz CT molecular complexity index is 1810. The van der Waals surface area contributed by atoms with Crippen molar-refractivity contribution in [3.05, 3.63) is 60.8 Å². The smallest absolute Gasteiger partial charge is 0.220 e. The van der Waals surface area contributed by atoms with Gasteiger partial charge in [-0.15, -0.1) is 0 Å². The van der Waals surface area contributed by atoms with Crippen molar-refractivity contribution in [2.45, 2.75) is 421 Å². The molecule has 0 aromatic heterocycles. The minimum absolute atomic E-state index is 0.200. The summed E-state index contributed by atoms with van der Waals surface area (Å²) in [6.45, 7) is 2.80. The number of allylic oxidation sites excluding steroid dienone is 10. The van der Waals surface area contributed by atoms with Crippen LogP contribution in [0.2, 0.25) is 0 Å². The molecule has 12 unspecified atom stereocenters. The van der Waals surface area contributed by atoms with E-state index in [0.717, 1.165) is 83.5 Å². The van der Waals surface area contributed by atoms with E-state index in [4.69, 9.17) is 18.9 Å². The van der Waals surface area contributed by atoms with Gasteiger partial charge in [0.25, 0.3) is 0 Å². The Morgan fingerprint density at radius 2 is 0.734 bits per heavy atom. The van der Waals surface area contributed by atoms with Crippen molar-refractivity contribution in [2.75, 3.05) is 19.8 Å². The topological polar surface area (TPSA) is 228 Å². The van der Waals surface area contributed by atoms with Gasteiger partial charge >= 0.3 is 0 Å². The molecule has 1 amide bonds. The third kappa shape index (κ3) is 46.9. The number of hydrogen-bond acceptors (Lipinski definition) is 13. The van der Waals surface area contributed by atoms with Gasteiger partial charge in [0.2, 0.25) is 5.91 Å². The second-order valence-electron chi connectivity index (χ2n) is 27.8. The summed E-state index contributed by atoms with van der Waals surface area (Å²) in [6, 6.07) is -0.829. The van der Waals surface area contributed by atoms with E-state index in [9.17, 15) is 45.6 Å². The number of hydrogen-bond donors (Lipinski definition) is 9. The van der Waals surface area contributed by atoms with Crippen LogP contribution in [0.3, 0.4) is 0 Å². The van der Waals surface area contributed by atoms with Crippen LogP contribution < -0.4 is 5.32 Å². The lowest BCUT2D eigenvalue weighted by Gasteiger charge is -2.46. The summed E-state index contributed by atoms with van der Waals surface area (Å²) in [7, 11) is 0. The average Bonchev–Trinajstić information content (AvgIpc) is 0.794. The standard InChI is InChI=1S/C80H147NO13/c1-3-5-7-9-11-13-15-17-19-21-23-24-25-26-27-28-29-30-31-32-33-34-35-36-37-38-39-40-41-42-43-44-46-48-50-52-54-56-58-60-62-64-72(85)81-68(69(84)63-61-59-57-55-53-51-49-47-45-22-20-18-16-14-12-10-8-6-4-2)67-91-79-77(90)75(88)78(71(66-83)93-79)94-80-76(89)74(87)73(86)70(65-82)92-80/h5,7,11,13,17,19,23-24,26-27,68-71,73-80,82-84,86-90H,3-4,6,8-10,12,14-16,18,20-22,25,28-67H2,1-2H3,(H,81,85)/b7-5-,13-11-,19-17-,24-23-,27-26-. The Hall–Kier alpha value is -2.31. The molecule has 12 atom stereocenters. The lowest BCUT2D eigenvalue weighted by atomic mass is 9.97. The normalized spacial score (nSPS) is 22.7. The van der Waals surface area contributed by atoms with E-state index in [-0.39, 0.29) is 12.5 Å². The van der Waals surface area contributed by atoms with Crippen LogP contribution in [0.1, 0.15) is 348 Å². The molecule has 94 heavy (non-hydrogen) atoms. The highest BCUT2D eigenvalue weighted by Gasteiger charge is 2.51. The Morgan fingerprint density at radius 1 is 0.394 bits per heavy atom. The second-order valence-corrected chi connectivity index (χ2v) is 27.8. The number of unbranched alkanes of at least 4 members (excludes halogenated alkanes) is 43. The van der Waals surface area contributed by atoms with Gasteiger partial charge in [0.05, 0.1) is 32.0 Å². The van der Waals surface area contributed by atoms with Gasteiger partial charge in [-0.3, -0.25) is 4.79 Å². The summed E-state index contributed by atoms with van der Waals surface area (Å²) in [4.78, 5) is 13.4. The van der Waals surface area contributed by atoms with Crippen LogP contribution in [0.25, 0.3) is 0 Å². The van der Waals surface area contributed by atoms with Gasteiger partial charge < -0.3 is 65.1 Å². The number of nitrogens with one attached hydrogen (secondary N) is 1. The first-order valence-corrected chi connectivity index (χ1v) is 39.5. The van der Waals surface area contributed by atoms with Crippen LogP contribution in [-0.4, -0.2) is 140 Å². The van der Waals surface area contributed by atoms with E-state index in [1.54, 1.807) is 0 Å². The maximum atomic E-state index is 13.4. The SMILES string of the molecule is CC/C=C\C/C=C\C/C=C\C/C=C\C/C=C\CCCCCCCCCCCCCCCCCCCCCCCCCCCC(=O)NC(COC1OC(CO)C(OC2OC(CO)C(O)C(O)C2O)C(O)C1O)C(O)CCCCCCCCCCCCCCCCCCCCC. The van der Waals surface area contributed by atoms with Crippen molar-refractivity contribution in [1.29, 1.82) is 0 Å². The quantitative estimate of drug-likeness (QED) is 0.0204. The Labute approximate surface area is 575 Å². The largest absolute Gasteiger partial charge is 0.394 e. The fourth-order valence-electron chi connectivity index (χ4n) is 13.0. The van der Waals surface area contributed by atoms with Gasteiger partial charge in [-0.05, 0) is 57.8 Å². The molecule has 2 aliphatic rings. The number of rotatable bonds is 66. The molecule has 0 aliphatic carbocycles. The van der Waals surface area contributed by atoms with Crippen LogP contribution in [0.15, 0.2) is 60.8 Å². The van der Waals surface area contributed by atoms with E-state index >= 15 is 0 Å². The van der Waals surface area contributed by atoms with Crippen molar-refractivity contribution in [1.82, 2.24) is 5.32 Å². The van der Waals surface area contributed by atoms with Gasteiger partial charge in [0.1, 0.15) is 48.8 Å². The zero-order chi connectivity index (χ0) is 68.0. The van der Waals surface area contributed by atoms with E-state index in [2.05, 4.69) is 79.9 Å². The van der Waals surface area contributed by atoms with Crippen molar-refractivity contribution in [3.8, 4) is 0 Å². The fourth-order valence-corrected chi connectivity index (χ4v) is 13.0. The minimum atomic E-state index is -1.78. The molecule has 0 radical (unpaired) electrons. The Morgan fingerprint density at radius 3 is 1.13 bits per heavy atom. The number of ether oxygens (including phenoxy) is 4. The molecule has 2 saturated heterocycles. The average molecular weight is 1330 g/mol. The van der Waals surface area contributed by atoms with Crippen molar-refractivity contribution in [2.24, 2.45) is 0 Å². The highest BCUT2D eigenvalue weighted by Crippen LogP contribution is 2.30. The summed E-state index contributed by atoms with van der Waals surface area (Å²) in [5.41, 5.74) is 0. The maximum absolute atomic E-state index is 13.4. The van der Waals surface area contributed by atoms with Crippen LogP contribution >= 0.6 is 0 Å². The maximum Gasteiger partial charge on any atom is 0.220 e. The lowest BCUT2D eigenvalue weighted by molar-refractivity contribution is -0.359. The molecule has 0 spiro atoms. The number of amides is 1. The predicted octanol–water partition coefficient (Wildman–Crippen LogP) is 17.6. The first-order valence-electron chi connectivity index (χ1n) is 39.5. The van der Waals surface area contributed by atoms with Crippen molar-refractivity contribution in [3.63, 3.8) is 0 Å². The Balaban J connectivity index is 1.55. The zero-order valence-electron chi connectivity index (χ0n) is 60.2. The molecule has 2 rings (SSSR count). The highest BCUT2D eigenvalue weighted by molar-refractivity contribution is 5.76. The summed E-state index contributed by atoms with van der Waals surface area (Å²) in [5, 5.41) is 87.7. The molecule has 9 N–H and O–H groups in total. The van der Waals surface area contributed by atoms with Gasteiger partial charge in [0, 0.05) is 6.42 Å². The first-order chi connectivity index (χ1) is 46.1. The molecule has 2 aliphatic heterocycles. The van der Waals surface area contributed by atoms with Gasteiger partial charge in [-0.2, -0.15) is 0 Å². The molecule has 0 aromatic rings. The number of carbonyl (C=O) groups is 1. The lowest BCUT2D eigenvalue weighted by Crippen LogP contribution is -2.65. The summed E-state index contributed by atoms with van der Waals surface area (Å²) in [5.74, 6) is -0.200. The number of aliphatic hydroxyl groups is 8. The molecule has 14 heteroatoms. The van der Waals surface area contributed by atoms with Gasteiger partial charge in [0.15, 0.2) is 12.6 Å². The van der Waals surface area contributed by atoms with E-state index in [1.807, 2.05) is 0 Å². The molecular formula is C80H147NO13. The zero-order valence-corrected chi connectivity index (χ0v) is 60.2. The van der Waals surface area contributed by atoms with E-state index in [1.165, 1.54) is 238 Å². The van der Waals surface area contributed by atoms with Crippen molar-refractivity contribution < 1.29 is 64.6 Å². The molecule has 550 valence electrons. The van der Waals surface area contributed by atoms with E-state index < -0.39 is 86.8 Å². The third-order valence-corrected chi connectivity index (χ3v) is 19.2. The van der Waals surface area contributed by atoms with E-state index in [0.29, 0.717) is 12.8 Å². The van der Waals surface area contributed by atoms with Crippen molar-refractivity contribution >= 4 is 5.91 Å². The minimum Gasteiger partial charge on any atom is -0.394 e. The molecule has 0 bridgehead atoms. The van der Waals surface area contributed by atoms with Gasteiger partial charge in [-0.25, -0.2) is 0 Å². The number of aliphatic hydroxyl groups excluding tert-OH is 8. The highest BCUT2D eigenvalue weighted by atomic mass is 16.7. The molecular weight excluding hydrogens is 1180 g/mol. The van der Waals surface area contributed by atoms with Crippen LogP contribution in [0.4, 0.5) is 0 Å². The predicted molar refractivity (Wildman–Crippen MR) is 387 cm³/mol. The fraction of sp³-hybridized carbons (Fsp3) is 0.863. The first kappa shape index (κ1) is 87.8. The number of carbonyl (C=O) groups excluding carboxylic acids is 1. The summed E-state index contributed by atoms with van der Waals surface area (Å²) >= 11 is 0. The molecule has 14 nitrogen and oxygen atoms in total. The summed E-state index contributed by atoms with van der Waals surface area (Å²) < 4.78 is 23.0. The second kappa shape index (κ2) is 64.1. The monoisotopic (exact) mass is 1330 g/mol. The molecule has 0 aromatic carbocycles. The van der Waals surface area contributed by atoms with Crippen LogP contribution in [0, 0.1) is 0 Å². The van der Waals surface area contributed by atoms with Crippen LogP contribution in [-0.2, 0) is 23.7 Å². The molecule has 0 saturated carbocycles. The molecule has 2 fully saturated rings. The Kier molecular flexibility index (Phi) is 59.8.